The maximum absolute atomic E-state index is 13.2. The maximum atomic E-state index is 13.2. The molecule has 8 heteroatoms. The highest BCUT2D eigenvalue weighted by molar-refractivity contribution is 5.81. The predicted molar refractivity (Wildman–Crippen MR) is 132 cm³/mol. The third-order valence-corrected chi connectivity index (χ3v) is 7.01. The summed E-state index contributed by atoms with van der Waals surface area (Å²) >= 11 is 0. The number of amides is 2. The number of imidazole rings is 1. The van der Waals surface area contributed by atoms with E-state index in [4.69, 9.17) is 4.74 Å². The molecule has 4 rings (SSSR count). The first kappa shape index (κ1) is 24.7. The molecule has 8 nitrogen and oxygen atoms in total. The largest absolute Gasteiger partial charge is 0.422 e. The van der Waals surface area contributed by atoms with Crippen LogP contribution in [0.25, 0.3) is 5.76 Å². The molecule has 0 N–H and O–H groups in total. The summed E-state index contributed by atoms with van der Waals surface area (Å²) in [6, 6.07) is 10.3. The molecule has 0 atom stereocenters. The highest BCUT2D eigenvalue weighted by Crippen LogP contribution is 2.30. The van der Waals surface area contributed by atoms with Crippen LogP contribution >= 0.6 is 0 Å². The van der Waals surface area contributed by atoms with Crippen LogP contribution in [0.3, 0.4) is 0 Å². The number of aromatic nitrogens is 2. The zero-order valence-electron chi connectivity index (χ0n) is 20.6. The number of aryl methyl sites for hydroxylation is 2. The average Bonchev–Trinajstić information content (AvgIpc) is 3.35. The van der Waals surface area contributed by atoms with Crippen molar-refractivity contribution in [2.45, 2.75) is 52.5 Å². The van der Waals surface area contributed by atoms with Crippen LogP contribution in [0, 0.1) is 5.92 Å². The molecule has 2 aliphatic rings. The van der Waals surface area contributed by atoms with Gasteiger partial charge in [-0.3, -0.25) is 14.4 Å². The van der Waals surface area contributed by atoms with Gasteiger partial charge in [-0.15, -0.1) is 0 Å². The Morgan fingerprint density at radius 2 is 1.57 bits per heavy atom. The first-order valence-electron chi connectivity index (χ1n) is 12.4. The monoisotopic (exact) mass is 478 g/mol. The van der Waals surface area contributed by atoms with Crippen LogP contribution in [0.5, 0.6) is 0 Å². The molecule has 3 heterocycles. The molecule has 0 saturated carbocycles. The van der Waals surface area contributed by atoms with Crippen LogP contribution in [0.1, 0.15) is 50.9 Å². The van der Waals surface area contributed by atoms with Crippen molar-refractivity contribution in [1.82, 2.24) is 19.4 Å². The second-order valence-corrected chi connectivity index (χ2v) is 9.32. The van der Waals surface area contributed by atoms with Crippen LogP contribution in [-0.4, -0.2) is 63.3 Å². The summed E-state index contributed by atoms with van der Waals surface area (Å²) < 4.78 is 8.15. The van der Waals surface area contributed by atoms with E-state index < -0.39 is 0 Å². The smallest absolute Gasteiger partial charge is 0.314 e. The van der Waals surface area contributed by atoms with Crippen LogP contribution in [0.2, 0.25) is 0 Å². The fraction of sp³-hybridized carbons (Fsp3) is 0.481. The van der Waals surface area contributed by atoms with Gasteiger partial charge in [0.15, 0.2) is 11.6 Å². The van der Waals surface area contributed by atoms with E-state index in [0.29, 0.717) is 70.0 Å². The summed E-state index contributed by atoms with van der Waals surface area (Å²) in [5, 5.41) is 0. The molecule has 1 aromatic carbocycles. The highest BCUT2D eigenvalue weighted by atomic mass is 16.5. The molecule has 1 aromatic heterocycles. The minimum atomic E-state index is -0.262. The number of likely N-dealkylation sites (tertiary alicyclic amines) is 2. The Morgan fingerprint density at radius 3 is 2.20 bits per heavy atom. The van der Waals surface area contributed by atoms with Gasteiger partial charge < -0.3 is 19.1 Å². The van der Waals surface area contributed by atoms with Gasteiger partial charge in [0.1, 0.15) is 0 Å². The number of hydrogen-bond donors (Lipinski definition) is 0. The molecule has 0 spiro atoms. The van der Waals surface area contributed by atoms with Gasteiger partial charge in [0.05, 0.1) is 5.92 Å². The van der Waals surface area contributed by atoms with E-state index in [9.17, 15) is 14.4 Å². The number of ether oxygens (including phenoxy) is 1. The second kappa shape index (κ2) is 11.3. The third kappa shape index (κ3) is 6.18. The summed E-state index contributed by atoms with van der Waals surface area (Å²) in [5.74, 6) is 0.780. The lowest BCUT2D eigenvalue weighted by Crippen LogP contribution is -2.39. The van der Waals surface area contributed by atoms with Crippen LogP contribution in [-0.2, 0) is 32.1 Å². The van der Waals surface area contributed by atoms with Gasteiger partial charge in [0, 0.05) is 59.0 Å². The number of hydrogen-bond acceptors (Lipinski definition) is 5. The van der Waals surface area contributed by atoms with Crippen LogP contribution < -0.4 is 0 Å². The summed E-state index contributed by atoms with van der Waals surface area (Å²) in [7, 11) is 0. The number of benzene rings is 1. The number of nitrogens with zero attached hydrogens (tertiary/aromatic N) is 4. The molecule has 0 unspecified atom stereocenters. The first-order chi connectivity index (χ1) is 16.9. The molecule has 2 fully saturated rings. The SMILES string of the molecule is CC(=O)N1CCC(=C(OC(=O)C2CCN(C(C)=O)CC2)c2nccn2CCc2ccccc2)CC1. The Kier molecular flexibility index (Phi) is 8.00. The van der Waals surface area contributed by atoms with Crippen molar-refractivity contribution in [3.05, 3.63) is 59.7 Å². The molecule has 2 amide bonds. The molecule has 0 aliphatic carbocycles. The minimum absolute atomic E-state index is 0.0392. The zero-order valence-corrected chi connectivity index (χ0v) is 20.6. The summed E-state index contributed by atoms with van der Waals surface area (Å²) in [5.41, 5.74) is 2.24. The van der Waals surface area contributed by atoms with E-state index in [-0.39, 0.29) is 23.7 Å². The molecule has 0 bridgehead atoms. The topological polar surface area (TPSA) is 84.7 Å². The third-order valence-electron chi connectivity index (χ3n) is 7.01. The number of esters is 1. The van der Waals surface area contributed by atoms with Gasteiger partial charge in [0.25, 0.3) is 0 Å². The normalized spacial score (nSPS) is 16.8. The molecule has 35 heavy (non-hydrogen) atoms. The molecule has 186 valence electrons. The number of rotatable bonds is 6. The Hall–Kier alpha value is -3.42. The molecule has 0 radical (unpaired) electrons. The molecular weight excluding hydrogens is 444 g/mol. The fourth-order valence-electron chi connectivity index (χ4n) is 4.80. The van der Waals surface area contributed by atoms with Crippen molar-refractivity contribution >= 4 is 23.5 Å². The van der Waals surface area contributed by atoms with Gasteiger partial charge >= 0.3 is 5.97 Å². The van der Waals surface area contributed by atoms with Crippen molar-refractivity contribution in [1.29, 1.82) is 0 Å². The minimum Gasteiger partial charge on any atom is -0.422 e. The Labute approximate surface area is 206 Å². The Morgan fingerprint density at radius 1 is 0.943 bits per heavy atom. The maximum Gasteiger partial charge on any atom is 0.314 e. The predicted octanol–water partition coefficient (Wildman–Crippen LogP) is 3.28. The second-order valence-electron chi connectivity index (χ2n) is 9.32. The van der Waals surface area contributed by atoms with Crippen molar-refractivity contribution < 1.29 is 19.1 Å². The molecular formula is C27H34N4O4. The summed E-state index contributed by atoms with van der Waals surface area (Å²) in [4.78, 5) is 44.9. The summed E-state index contributed by atoms with van der Waals surface area (Å²) in [6.45, 7) is 6.20. The molecule has 2 saturated heterocycles. The number of carbonyl (C=O) groups excluding carboxylic acids is 3. The van der Waals surface area contributed by atoms with E-state index in [0.717, 1.165) is 12.0 Å². The standard InChI is InChI=1S/C27H34N4O4/c1-20(32)29-15-9-23(10-16-29)25(35-27(34)24-11-17-30(18-12-24)21(2)33)26-28-13-19-31(26)14-8-22-6-4-3-5-7-22/h3-7,13,19,24H,8-12,14-18H2,1-2H3. The quantitative estimate of drug-likeness (QED) is 0.470. The van der Waals surface area contributed by atoms with Crippen molar-refractivity contribution in [3.63, 3.8) is 0 Å². The Bertz CT molecular complexity index is 1070. The molecule has 2 aromatic rings. The Balaban J connectivity index is 1.54. The number of piperidine rings is 2. The number of carbonyl (C=O) groups is 3. The van der Waals surface area contributed by atoms with E-state index in [1.165, 1.54) is 5.56 Å². The van der Waals surface area contributed by atoms with E-state index >= 15 is 0 Å². The van der Waals surface area contributed by atoms with E-state index in [2.05, 4.69) is 17.1 Å². The lowest BCUT2D eigenvalue weighted by atomic mass is 9.96. The van der Waals surface area contributed by atoms with Crippen LogP contribution in [0.4, 0.5) is 0 Å². The van der Waals surface area contributed by atoms with Gasteiger partial charge in [-0.2, -0.15) is 0 Å². The highest BCUT2D eigenvalue weighted by Gasteiger charge is 2.30. The molecule has 2 aliphatic heterocycles. The van der Waals surface area contributed by atoms with Crippen molar-refractivity contribution in [2.24, 2.45) is 5.92 Å². The lowest BCUT2D eigenvalue weighted by molar-refractivity contribution is -0.145. The van der Waals surface area contributed by atoms with Gasteiger partial charge in [0.2, 0.25) is 11.8 Å². The fourth-order valence-corrected chi connectivity index (χ4v) is 4.80. The van der Waals surface area contributed by atoms with Gasteiger partial charge in [-0.05, 0) is 43.2 Å². The zero-order chi connectivity index (χ0) is 24.8. The average molecular weight is 479 g/mol. The van der Waals surface area contributed by atoms with E-state index in [1.54, 1.807) is 24.9 Å². The van der Waals surface area contributed by atoms with Gasteiger partial charge in [-0.1, -0.05) is 30.3 Å². The summed E-state index contributed by atoms with van der Waals surface area (Å²) in [6.07, 6.45) is 6.99. The lowest BCUT2D eigenvalue weighted by Gasteiger charge is -2.31. The van der Waals surface area contributed by atoms with E-state index in [1.807, 2.05) is 33.9 Å². The van der Waals surface area contributed by atoms with Crippen LogP contribution in [0.15, 0.2) is 48.3 Å². The van der Waals surface area contributed by atoms with Crippen molar-refractivity contribution in [3.8, 4) is 0 Å². The van der Waals surface area contributed by atoms with Gasteiger partial charge in [-0.25, -0.2) is 4.98 Å². The van der Waals surface area contributed by atoms with Crippen molar-refractivity contribution in [2.75, 3.05) is 26.2 Å². The first-order valence-corrected chi connectivity index (χ1v) is 12.4.